The summed E-state index contributed by atoms with van der Waals surface area (Å²) in [5.74, 6) is -0.861. The molecule has 1 aromatic carbocycles. The molecule has 106 valence electrons. The molecular weight excluding hydrogens is 256 g/mol. The van der Waals surface area contributed by atoms with E-state index < -0.39 is 24.5 Å². The minimum absolute atomic E-state index is 0.0117. The molecule has 2 N–H and O–H groups in total. The lowest BCUT2D eigenvalue weighted by molar-refractivity contribution is -0.141. The number of alkyl halides is 2. The number of hydrogen-bond acceptors (Lipinski definition) is 4. The maximum Gasteiger partial charge on any atom is 0.387 e. The number of hydrogen-bond donors (Lipinski definition) is 1. The summed E-state index contributed by atoms with van der Waals surface area (Å²) in [7, 11) is 1.27. The van der Waals surface area contributed by atoms with Crippen molar-refractivity contribution < 1.29 is 23.0 Å². The van der Waals surface area contributed by atoms with Crippen LogP contribution >= 0.6 is 0 Å². The SMILES string of the molecule is COC(=O)CC(c1ccccc1OC(F)F)C(C)N. The van der Waals surface area contributed by atoms with Crippen LogP contribution in [0.2, 0.25) is 0 Å². The molecule has 0 heterocycles. The number of nitrogens with two attached hydrogens (primary N) is 1. The third-order valence-corrected chi connectivity index (χ3v) is 2.78. The lowest BCUT2D eigenvalue weighted by atomic mass is 9.89. The lowest BCUT2D eigenvalue weighted by Crippen LogP contribution is -2.27. The van der Waals surface area contributed by atoms with E-state index in [1.54, 1.807) is 25.1 Å². The van der Waals surface area contributed by atoms with Crippen LogP contribution in [-0.4, -0.2) is 25.7 Å². The molecule has 19 heavy (non-hydrogen) atoms. The van der Waals surface area contributed by atoms with Crippen LogP contribution in [0.4, 0.5) is 8.78 Å². The summed E-state index contributed by atoms with van der Waals surface area (Å²) in [5, 5.41) is 0. The van der Waals surface area contributed by atoms with Crippen molar-refractivity contribution in [2.75, 3.05) is 7.11 Å². The monoisotopic (exact) mass is 273 g/mol. The minimum atomic E-state index is -2.92. The molecule has 0 radical (unpaired) electrons. The van der Waals surface area contributed by atoms with Crippen molar-refractivity contribution in [2.24, 2.45) is 5.73 Å². The molecular formula is C13H17F2NO3. The molecule has 0 saturated heterocycles. The first-order chi connectivity index (χ1) is 8.95. The zero-order valence-corrected chi connectivity index (χ0v) is 10.8. The fourth-order valence-corrected chi connectivity index (χ4v) is 1.83. The van der Waals surface area contributed by atoms with E-state index in [1.165, 1.54) is 13.2 Å². The van der Waals surface area contributed by atoms with Gasteiger partial charge >= 0.3 is 12.6 Å². The molecule has 0 fully saturated rings. The topological polar surface area (TPSA) is 61.5 Å². The molecule has 1 aromatic rings. The minimum Gasteiger partial charge on any atom is -0.469 e. The molecule has 0 aromatic heterocycles. The number of ether oxygens (including phenoxy) is 2. The van der Waals surface area contributed by atoms with Crippen molar-refractivity contribution in [2.45, 2.75) is 31.9 Å². The first kappa shape index (κ1) is 15.4. The van der Waals surface area contributed by atoms with E-state index in [0.717, 1.165) is 0 Å². The van der Waals surface area contributed by atoms with Gasteiger partial charge in [0.2, 0.25) is 0 Å². The Balaban J connectivity index is 3.04. The van der Waals surface area contributed by atoms with Crippen LogP contribution in [0, 0.1) is 0 Å². The van der Waals surface area contributed by atoms with E-state index in [4.69, 9.17) is 5.73 Å². The lowest BCUT2D eigenvalue weighted by Gasteiger charge is -2.22. The van der Waals surface area contributed by atoms with Crippen molar-refractivity contribution in [1.82, 2.24) is 0 Å². The Bertz CT molecular complexity index is 424. The summed E-state index contributed by atoms with van der Waals surface area (Å²) in [5.41, 5.74) is 6.30. The van der Waals surface area contributed by atoms with Gasteiger partial charge in [-0.05, 0) is 18.6 Å². The number of carbonyl (C=O) groups is 1. The number of methoxy groups -OCH3 is 1. The average molecular weight is 273 g/mol. The zero-order chi connectivity index (χ0) is 14.4. The number of esters is 1. The van der Waals surface area contributed by atoms with Crippen molar-refractivity contribution in [3.63, 3.8) is 0 Å². The molecule has 0 bridgehead atoms. The predicted molar refractivity (Wildman–Crippen MR) is 66.1 cm³/mol. The van der Waals surface area contributed by atoms with Gasteiger partial charge < -0.3 is 15.2 Å². The quantitative estimate of drug-likeness (QED) is 0.808. The van der Waals surface area contributed by atoms with Crippen LogP contribution in [0.25, 0.3) is 0 Å². The summed E-state index contributed by atoms with van der Waals surface area (Å²) in [6.45, 7) is -1.22. The second-order valence-electron chi connectivity index (χ2n) is 4.16. The second kappa shape index (κ2) is 7.04. The highest BCUT2D eigenvalue weighted by atomic mass is 19.3. The first-order valence-electron chi connectivity index (χ1n) is 5.81. The van der Waals surface area contributed by atoms with Crippen LogP contribution < -0.4 is 10.5 Å². The standard InChI is InChI=1S/C13H17F2NO3/c1-8(16)10(7-12(17)18-2)9-5-3-4-6-11(9)19-13(14)15/h3-6,8,10,13H,7,16H2,1-2H3. The van der Waals surface area contributed by atoms with Gasteiger partial charge in [0.05, 0.1) is 13.5 Å². The van der Waals surface area contributed by atoms with Crippen LogP contribution in [0.3, 0.4) is 0 Å². The van der Waals surface area contributed by atoms with Gasteiger partial charge in [0, 0.05) is 12.0 Å². The average Bonchev–Trinajstić information content (AvgIpc) is 2.35. The number of benzene rings is 1. The van der Waals surface area contributed by atoms with E-state index in [2.05, 4.69) is 9.47 Å². The molecule has 2 atom stereocenters. The number of carbonyl (C=O) groups excluding carboxylic acids is 1. The van der Waals surface area contributed by atoms with Crippen LogP contribution in [0.15, 0.2) is 24.3 Å². The van der Waals surface area contributed by atoms with Crippen molar-refractivity contribution in [3.05, 3.63) is 29.8 Å². The molecule has 0 aliphatic heterocycles. The summed E-state index contributed by atoms with van der Waals surface area (Å²) in [6.07, 6.45) is 0.0117. The maximum atomic E-state index is 12.3. The first-order valence-corrected chi connectivity index (χ1v) is 5.81. The number of rotatable bonds is 6. The van der Waals surface area contributed by atoms with Gasteiger partial charge in [-0.1, -0.05) is 18.2 Å². The summed E-state index contributed by atoms with van der Waals surface area (Å²) < 4.78 is 33.7. The van der Waals surface area contributed by atoms with E-state index in [0.29, 0.717) is 5.56 Å². The highest BCUT2D eigenvalue weighted by Crippen LogP contribution is 2.32. The van der Waals surface area contributed by atoms with Crippen molar-refractivity contribution in [3.8, 4) is 5.75 Å². The third-order valence-electron chi connectivity index (χ3n) is 2.78. The summed E-state index contributed by atoms with van der Waals surface area (Å²) in [6, 6.07) is 5.90. The Kier molecular flexibility index (Phi) is 5.69. The van der Waals surface area contributed by atoms with Gasteiger partial charge in [0.1, 0.15) is 5.75 Å². The largest absolute Gasteiger partial charge is 0.469 e. The second-order valence-corrected chi connectivity index (χ2v) is 4.16. The van der Waals surface area contributed by atoms with E-state index in [9.17, 15) is 13.6 Å². The molecule has 2 unspecified atom stereocenters. The number of halogens is 2. The smallest absolute Gasteiger partial charge is 0.387 e. The Labute approximate surface area is 110 Å². The third kappa shape index (κ3) is 4.48. The van der Waals surface area contributed by atoms with Crippen molar-refractivity contribution in [1.29, 1.82) is 0 Å². The Morgan fingerprint density at radius 2 is 2.00 bits per heavy atom. The van der Waals surface area contributed by atoms with Crippen LogP contribution in [-0.2, 0) is 9.53 Å². The fraction of sp³-hybridized carbons (Fsp3) is 0.462. The van der Waals surface area contributed by atoms with Gasteiger partial charge in [0.15, 0.2) is 0 Å². The molecule has 0 saturated carbocycles. The van der Waals surface area contributed by atoms with Crippen molar-refractivity contribution >= 4 is 5.97 Å². The molecule has 1 rings (SSSR count). The Morgan fingerprint density at radius 3 is 2.53 bits per heavy atom. The highest BCUT2D eigenvalue weighted by Gasteiger charge is 2.24. The number of para-hydroxylation sites is 1. The van der Waals surface area contributed by atoms with Crippen LogP contribution in [0.1, 0.15) is 24.8 Å². The zero-order valence-electron chi connectivity index (χ0n) is 10.8. The van der Waals surface area contributed by atoms with Gasteiger partial charge in [-0.25, -0.2) is 0 Å². The fourth-order valence-electron chi connectivity index (χ4n) is 1.83. The summed E-state index contributed by atoms with van der Waals surface area (Å²) in [4.78, 5) is 11.4. The molecule has 6 heteroatoms. The predicted octanol–water partition coefficient (Wildman–Crippen LogP) is 2.28. The van der Waals surface area contributed by atoms with E-state index in [-0.39, 0.29) is 12.2 Å². The molecule has 0 aliphatic rings. The normalized spacial score (nSPS) is 14.0. The van der Waals surface area contributed by atoms with Gasteiger partial charge in [-0.15, -0.1) is 0 Å². The van der Waals surface area contributed by atoms with Gasteiger partial charge in [-0.3, -0.25) is 4.79 Å². The van der Waals surface area contributed by atoms with Gasteiger partial charge in [0.25, 0.3) is 0 Å². The van der Waals surface area contributed by atoms with Gasteiger partial charge in [-0.2, -0.15) is 8.78 Å². The van der Waals surface area contributed by atoms with Crippen LogP contribution in [0.5, 0.6) is 5.75 Å². The Morgan fingerprint density at radius 1 is 1.37 bits per heavy atom. The molecule has 0 spiro atoms. The summed E-state index contributed by atoms with van der Waals surface area (Å²) >= 11 is 0. The molecule has 0 aliphatic carbocycles. The van der Waals surface area contributed by atoms with E-state index in [1.807, 2.05) is 0 Å². The highest BCUT2D eigenvalue weighted by molar-refractivity contribution is 5.70. The Hall–Kier alpha value is -1.69. The maximum absolute atomic E-state index is 12.3. The van der Waals surface area contributed by atoms with E-state index >= 15 is 0 Å². The molecule has 4 nitrogen and oxygen atoms in total. The molecule has 0 amide bonds.